The maximum absolute atomic E-state index is 11.7. The molecule has 0 aliphatic carbocycles. The molecule has 0 atom stereocenters. The third-order valence-corrected chi connectivity index (χ3v) is 6.94. The first kappa shape index (κ1) is 17.6. The molecule has 0 aliphatic rings. The van der Waals surface area contributed by atoms with Crippen LogP contribution in [0.5, 0.6) is 0 Å². The van der Waals surface area contributed by atoms with E-state index < -0.39 is 20.2 Å². The summed E-state index contributed by atoms with van der Waals surface area (Å²) in [5, 5.41) is 0. The zero-order valence-corrected chi connectivity index (χ0v) is 14.8. The zero-order chi connectivity index (χ0) is 12.9. The quantitative estimate of drug-likeness (QED) is 0.377. The summed E-state index contributed by atoms with van der Waals surface area (Å²) in [7, 11) is 0. The van der Waals surface area contributed by atoms with E-state index in [4.69, 9.17) is 3.07 Å². The van der Waals surface area contributed by atoms with Gasteiger partial charge in [-0.1, -0.05) is 0 Å². The Hall–Kier alpha value is 0.559. The van der Waals surface area contributed by atoms with Crippen molar-refractivity contribution < 1.29 is 6.15 Å². The van der Waals surface area contributed by atoms with Crippen LogP contribution < -0.4 is 0 Å². The fourth-order valence-electron chi connectivity index (χ4n) is 1.86. The molecule has 0 aromatic carbocycles. The molecular formula is C14H30O2Sn. The van der Waals surface area contributed by atoms with Crippen LogP contribution in [0.4, 0.5) is 0 Å². The molecule has 0 radical (unpaired) electrons. The van der Waals surface area contributed by atoms with Gasteiger partial charge in [-0.15, -0.1) is 0 Å². The summed E-state index contributed by atoms with van der Waals surface area (Å²) in [5.41, 5.74) is 0. The van der Waals surface area contributed by atoms with E-state index in [-0.39, 0.29) is 0 Å². The molecule has 0 aliphatic heterocycles. The first-order valence-corrected chi connectivity index (χ1v) is 11.7. The molecule has 102 valence electrons. The normalized spacial score (nSPS) is 11.1. The Labute approximate surface area is 115 Å². The first-order valence-electron chi connectivity index (χ1n) is 7.40. The standard InChI is InChI=1S/C8H17.C6H13O.O.Sn/c1-3-5-7-8-6-4-2;1-3-6(4-2)5-7;;/h1,3-8H2,2H3;6H,3-5H2,1-2H3;;/q;-1;;+1. The molecular weight excluding hydrogens is 319 g/mol. The summed E-state index contributed by atoms with van der Waals surface area (Å²) in [6, 6.07) is 0. The SMILES string of the molecule is CCCCCCC[CH2][Sn](=[O])[O]CC(CC)CC. The van der Waals surface area contributed by atoms with Crippen molar-refractivity contribution in [3.63, 3.8) is 0 Å². The minimum absolute atomic E-state index is 0.615. The second kappa shape index (κ2) is 13.0. The van der Waals surface area contributed by atoms with Crippen LogP contribution in [-0.4, -0.2) is 26.8 Å². The first-order chi connectivity index (χ1) is 8.24. The van der Waals surface area contributed by atoms with Gasteiger partial charge >= 0.3 is 115 Å². The Balaban J connectivity index is 3.34. The predicted octanol–water partition coefficient (Wildman–Crippen LogP) is 4.72. The monoisotopic (exact) mass is 350 g/mol. The van der Waals surface area contributed by atoms with Crippen molar-refractivity contribution in [1.82, 2.24) is 0 Å². The van der Waals surface area contributed by atoms with Crippen molar-refractivity contribution in [2.24, 2.45) is 5.92 Å². The summed E-state index contributed by atoms with van der Waals surface area (Å²) >= 11 is -2.64. The van der Waals surface area contributed by atoms with Crippen molar-refractivity contribution in [1.29, 1.82) is 0 Å². The van der Waals surface area contributed by atoms with Gasteiger partial charge in [0, 0.05) is 0 Å². The number of unbranched alkanes of at least 4 members (excludes halogenated alkanes) is 5. The summed E-state index contributed by atoms with van der Waals surface area (Å²) in [6.07, 6.45) is 9.91. The van der Waals surface area contributed by atoms with Crippen molar-refractivity contribution in [3.05, 3.63) is 0 Å². The molecule has 0 saturated carbocycles. The minimum atomic E-state index is -2.64. The predicted molar refractivity (Wildman–Crippen MR) is 74.6 cm³/mol. The fraction of sp³-hybridized carbons (Fsp3) is 1.00. The van der Waals surface area contributed by atoms with Gasteiger partial charge in [0.2, 0.25) is 0 Å². The van der Waals surface area contributed by atoms with Crippen LogP contribution in [0.25, 0.3) is 0 Å². The summed E-state index contributed by atoms with van der Waals surface area (Å²) in [5.74, 6) is 0.615. The summed E-state index contributed by atoms with van der Waals surface area (Å²) in [4.78, 5) is 0. The number of hydrogen-bond donors (Lipinski definition) is 0. The molecule has 0 N–H and O–H groups in total. The molecule has 0 unspecified atom stereocenters. The molecule has 0 bridgehead atoms. The molecule has 0 heterocycles. The van der Waals surface area contributed by atoms with E-state index in [1.807, 2.05) is 0 Å². The van der Waals surface area contributed by atoms with Crippen LogP contribution in [0, 0.1) is 5.92 Å². The van der Waals surface area contributed by atoms with E-state index in [1.165, 1.54) is 32.1 Å². The molecule has 2 nitrogen and oxygen atoms in total. The van der Waals surface area contributed by atoms with Gasteiger partial charge in [0.05, 0.1) is 0 Å². The fourth-order valence-corrected chi connectivity index (χ4v) is 5.01. The van der Waals surface area contributed by atoms with Crippen LogP contribution in [0.3, 0.4) is 0 Å². The number of rotatable bonds is 12. The van der Waals surface area contributed by atoms with Crippen LogP contribution in [-0.2, 0) is 6.15 Å². The van der Waals surface area contributed by atoms with Crippen molar-refractivity contribution >= 4 is 20.2 Å². The average molecular weight is 349 g/mol. The van der Waals surface area contributed by atoms with Gasteiger partial charge in [0.1, 0.15) is 0 Å². The van der Waals surface area contributed by atoms with E-state index in [0.29, 0.717) is 5.92 Å². The van der Waals surface area contributed by atoms with Gasteiger partial charge in [-0.2, -0.15) is 0 Å². The molecule has 3 heteroatoms. The van der Waals surface area contributed by atoms with Gasteiger partial charge in [-0.3, -0.25) is 0 Å². The second-order valence-electron chi connectivity index (χ2n) is 4.88. The molecule has 0 fully saturated rings. The van der Waals surface area contributed by atoms with Gasteiger partial charge in [0.15, 0.2) is 0 Å². The molecule has 0 aromatic rings. The van der Waals surface area contributed by atoms with Crippen LogP contribution >= 0.6 is 0 Å². The molecule has 0 spiro atoms. The zero-order valence-electron chi connectivity index (χ0n) is 12.0. The maximum atomic E-state index is 11.7. The Morgan fingerprint density at radius 2 is 1.53 bits per heavy atom. The van der Waals surface area contributed by atoms with E-state index >= 15 is 0 Å². The Morgan fingerprint density at radius 3 is 2.12 bits per heavy atom. The van der Waals surface area contributed by atoms with Gasteiger partial charge in [0.25, 0.3) is 0 Å². The average Bonchev–Trinajstić information content (AvgIpc) is 2.35. The van der Waals surface area contributed by atoms with E-state index in [1.54, 1.807) is 0 Å². The number of hydrogen-bond acceptors (Lipinski definition) is 2. The Morgan fingerprint density at radius 1 is 0.941 bits per heavy atom. The summed E-state index contributed by atoms with van der Waals surface area (Å²) in [6.45, 7) is 7.33. The second-order valence-corrected chi connectivity index (χ2v) is 9.26. The van der Waals surface area contributed by atoms with Crippen LogP contribution in [0.1, 0.15) is 72.1 Å². The molecule has 17 heavy (non-hydrogen) atoms. The third-order valence-electron chi connectivity index (χ3n) is 3.37. The van der Waals surface area contributed by atoms with Crippen molar-refractivity contribution in [2.45, 2.75) is 76.6 Å². The van der Waals surface area contributed by atoms with E-state index in [2.05, 4.69) is 20.8 Å². The van der Waals surface area contributed by atoms with Gasteiger partial charge in [-0.05, 0) is 0 Å². The molecule has 0 saturated heterocycles. The van der Waals surface area contributed by atoms with Crippen molar-refractivity contribution in [2.75, 3.05) is 6.61 Å². The summed E-state index contributed by atoms with van der Waals surface area (Å²) < 4.78 is 18.2. The van der Waals surface area contributed by atoms with E-state index in [0.717, 1.165) is 30.3 Å². The molecule has 0 amide bonds. The van der Waals surface area contributed by atoms with Crippen LogP contribution in [0.2, 0.25) is 4.44 Å². The Bertz CT molecular complexity index is 179. The Kier molecular flexibility index (Phi) is 13.4. The topological polar surface area (TPSA) is 26.3 Å². The molecule has 0 aromatic heterocycles. The third kappa shape index (κ3) is 11.4. The van der Waals surface area contributed by atoms with Gasteiger partial charge < -0.3 is 0 Å². The molecule has 0 rings (SSSR count). The van der Waals surface area contributed by atoms with Crippen molar-refractivity contribution in [3.8, 4) is 0 Å². The van der Waals surface area contributed by atoms with Gasteiger partial charge in [-0.25, -0.2) is 0 Å². The van der Waals surface area contributed by atoms with E-state index in [9.17, 15) is 3.08 Å². The van der Waals surface area contributed by atoms with Crippen LogP contribution in [0.15, 0.2) is 0 Å².